The normalized spacial score (nSPS) is 16.6. The van der Waals surface area contributed by atoms with E-state index in [0.29, 0.717) is 17.9 Å². The molecule has 0 atom stereocenters. The summed E-state index contributed by atoms with van der Waals surface area (Å²) in [7, 11) is 1.59. The molecule has 1 aromatic rings. The Balaban J connectivity index is 2.07. The van der Waals surface area contributed by atoms with Gasteiger partial charge in [0.15, 0.2) is 0 Å². The van der Waals surface area contributed by atoms with Gasteiger partial charge >= 0.3 is 0 Å². The van der Waals surface area contributed by atoms with Crippen LogP contribution in [0.1, 0.15) is 25.7 Å². The minimum atomic E-state index is -0.310. The molecule has 1 amide bonds. The second kappa shape index (κ2) is 5.81. The lowest BCUT2D eigenvalue weighted by Gasteiger charge is -2.37. The lowest BCUT2D eigenvalue weighted by Crippen LogP contribution is -2.48. The van der Waals surface area contributed by atoms with E-state index in [2.05, 4.69) is 37.2 Å². The Morgan fingerprint density at radius 3 is 2.63 bits per heavy atom. The lowest BCUT2D eigenvalue weighted by molar-refractivity contribution is -0.118. The van der Waals surface area contributed by atoms with Crippen molar-refractivity contribution < 1.29 is 9.53 Å². The Bertz CT molecular complexity index is 502. The first-order chi connectivity index (χ1) is 8.93. The quantitative estimate of drug-likeness (QED) is 0.826. The fourth-order valence-electron chi connectivity index (χ4n) is 2.10. The van der Waals surface area contributed by atoms with Gasteiger partial charge < -0.3 is 15.8 Å². The number of carbonyl (C=O) groups excluding carboxylic acids is 1. The smallest absolute Gasteiger partial charge is 0.226 e. The summed E-state index contributed by atoms with van der Waals surface area (Å²) in [6.07, 6.45) is 3.31. The van der Waals surface area contributed by atoms with Gasteiger partial charge in [0.05, 0.1) is 17.3 Å². The number of rotatable bonds is 4. The first kappa shape index (κ1) is 14.8. The molecule has 3 N–H and O–H groups in total. The molecule has 1 fully saturated rings. The maximum Gasteiger partial charge on any atom is 0.226 e. The Morgan fingerprint density at radius 2 is 2.11 bits per heavy atom. The lowest BCUT2D eigenvalue weighted by atomic mass is 9.75. The van der Waals surface area contributed by atoms with Crippen LogP contribution in [0.3, 0.4) is 0 Å². The van der Waals surface area contributed by atoms with Crippen molar-refractivity contribution in [3.05, 3.63) is 21.1 Å². The van der Waals surface area contributed by atoms with Crippen LogP contribution in [0.15, 0.2) is 21.1 Å². The molecule has 2 rings (SSSR count). The predicted molar refractivity (Wildman–Crippen MR) is 82.4 cm³/mol. The van der Waals surface area contributed by atoms with Crippen LogP contribution in [0.5, 0.6) is 5.75 Å². The first-order valence-corrected chi connectivity index (χ1v) is 7.64. The number of nitrogens with two attached hydrogens (primary N) is 1. The average molecular weight is 392 g/mol. The SMILES string of the molecule is COc1cc(NC(=O)CC2(N)CCC2)c(Br)cc1Br. The molecule has 0 saturated heterocycles. The van der Waals surface area contributed by atoms with Crippen LogP contribution in [-0.4, -0.2) is 18.6 Å². The molecule has 1 aliphatic rings. The summed E-state index contributed by atoms with van der Waals surface area (Å²) >= 11 is 6.81. The molecule has 104 valence electrons. The molecule has 0 heterocycles. The molecule has 1 aromatic carbocycles. The highest BCUT2D eigenvalue weighted by Crippen LogP contribution is 2.36. The van der Waals surface area contributed by atoms with Crippen LogP contribution in [-0.2, 0) is 4.79 Å². The Morgan fingerprint density at radius 1 is 1.42 bits per heavy atom. The number of amides is 1. The summed E-state index contributed by atoms with van der Waals surface area (Å²) in [6.45, 7) is 0. The Labute approximate surface area is 129 Å². The van der Waals surface area contributed by atoms with Gasteiger partial charge in [-0.15, -0.1) is 0 Å². The third-order valence-corrected chi connectivity index (χ3v) is 4.65. The van der Waals surface area contributed by atoms with Crippen molar-refractivity contribution in [2.24, 2.45) is 5.73 Å². The molecular weight excluding hydrogens is 376 g/mol. The molecule has 0 aliphatic heterocycles. The zero-order valence-electron chi connectivity index (χ0n) is 10.6. The Hall–Kier alpha value is -0.590. The zero-order chi connectivity index (χ0) is 14.0. The molecule has 0 spiro atoms. The molecule has 0 radical (unpaired) electrons. The number of hydrogen-bond acceptors (Lipinski definition) is 3. The summed E-state index contributed by atoms with van der Waals surface area (Å²) in [4.78, 5) is 12.0. The fraction of sp³-hybridized carbons (Fsp3) is 0.462. The van der Waals surface area contributed by atoms with Crippen LogP contribution < -0.4 is 15.8 Å². The largest absolute Gasteiger partial charge is 0.495 e. The topological polar surface area (TPSA) is 64.3 Å². The van der Waals surface area contributed by atoms with Gasteiger partial charge in [0.25, 0.3) is 0 Å². The molecule has 0 bridgehead atoms. The van der Waals surface area contributed by atoms with E-state index in [1.807, 2.05) is 6.07 Å². The molecule has 1 saturated carbocycles. The summed E-state index contributed by atoms with van der Waals surface area (Å²) < 4.78 is 6.84. The number of ether oxygens (including phenoxy) is 1. The highest BCUT2D eigenvalue weighted by Gasteiger charge is 2.34. The third-order valence-electron chi connectivity index (χ3n) is 3.38. The van der Waals surface area contributed by atoms with Gasteiger partial charge in [-0.05, 0) is 57.2 Å². The van der Waals surface area contributed by atoms with E-state index in [0.717, 1.165) is 28.2 Å². The van der Waals surface area contributed by atoms with Gasteiger partial charge in [-0.25, -0.2) is 0 Å². The van der Waals surface area contributed by atoms with Gasteiger partial charge in [-0.1, -0.05) is 0 Å². The summed E-state index contributed by atoms with van der Waals surface area (Å²) in [6, 6.07) is 3.62. The maximum atomic E-state index is 12.0. The van der Waals surface area contributed by atoms with Crippen molar-refractivity contribution in [2.45, 2.75) is 31.2 Å². The fourth-order valence-corrected chi connectivity index (χ4v) is 3.36. The number of methoxy groups -OCH3 is 1. The highest BCUT2D eigenvalue weighted by atomic mass is 79.9. The number of carbonyl (C=O) groups is 1. The highest BCUT2D eigenvalue weighted by molar-refractivity contribution is 9.11. The van der Waals surface area contributed by atoms with Crippen molar-refractivity contribution in [2.75, 3.05) is 12.4 Å². The average Bonchev–Trinajstić information content (AvgIpc) is 2.30. The van der Waals surface area contributed by atoms with E-state index in [1.165, 1.54) is 0 Å². The minimum absolute atomic E-state index is 0.0627. The number of halogens is 2. The van der Waals surface area contributed by atoms with E-state index < -0.39 is 0 Å². The van der Waals surface area contributed by atoms with Crippen molar-refractivity contribution in [1.29, 1.82) is 0 Å². The maximum absolute atomic E-state index is 12.0. The van der Waals surface area contributed by atoms with Crippen LogP contribution in [0.2, 0.25) is 0 Å². The Kier molecular flexibility index (Phi) is 4.53. The van der Waals surface area contributed by atoms with Crippen molar-refractivity contribution in [1.82, 2.24) is 0 Å². The van der Waals surface area contributed by atoms with E-state index in [4.69, 9.17) is 10.5 Å². The molecule has 1 aliphatic carbocycles. The van der Waals surface area contributed by atoms with E-state index in [-0.39, 0.29) is 11.4 Å². The van der Waals surface area contributed by atoms with Crippen LogP contribution in [0, 0.1) is 0 Å². The van der Waals surface area contributed by atoms with Gasteiger partial charge in [-0.2, -0.15) is 0 Å². The molecule has 0 unspecified atom stereocenters. The van der Waals surface area contributed by atoms with Crippen molar-refractivity contribution in [3.8, 4) is 5.75 Å². The van der Waals surface area contributed by atoms with Gasteiger partial charge in [0, 0.05) is 22.5 Å². The molecule has 6 heteroatoms. The number of hydrogen-bond donors (Lipinski definition) is 2. The molecule has 0 aromatic heterocycles. The van der Waals surface area contributed by atoms with Crippen LogP contribution in [0.4, 0.5) is 5.69 Å². The standard InChI is InChI=1S/C13H16Br2N2O2/c1-19-11-6-10(8(14)5-9(11)15)17-12(18)7-13(16)3-2-4-13/h5-6H,2-4,7,16H2,1H3,(H,17,18). The minimum Gasteiger partial charge on any atom is -0.495 e. The van der Waals surface area contributed by atoms with Crippen molar-refractivity contribution in [3.63, 3.8) is 0 Å². The molecule has 19 heavy (non-hydrogen) atoms. The predicted octanol–water partition coefficient (Wildman–Crippen LogP) is 3.43. The first-order valence-electron chi connectivity index (χ1n) is 6.05. The second-order valence-electron chi connectivity index (χ2n) is 4.91. The third kappa shape index (κ3) is 3.49. The zero-order valence-corrected chi connectivity index (χ0v) is 13.8. The molecular formula is C13H16Br2N2O2. The summed E-state index contributed by atoms with van der Waals surface area (Å²) in [5.74, 6) is 0.608. The molecule has 4 nitrogen and oxygen atoms in total. The second-order valence-corrected chi connectivity index (χ2v) is 6.62. The summed E-state index contributed by atoms with van der Waals surface area (Å²) in [5, 5.41) is 2.87. The van der Waals surface area contributed by atoms with E-state index in [9.17, 15) is 4.79 Å². The van der Waals surface area contributed by atoms with Gasteiger partial charge in [0.2, 0.25) is 5.91 Å². The number of anilines is 1. The van der Waals surface area contributed by atoms with E-state index in [1.54, 1.807) is 13.2 Å². The van der Waals surface area contributed by atoms with E-state index >= 15 is 0 Å². The van der Waals surface area contributed by atoms with Crippen molar-refractivity contribution >= 4 is 43.5 Å². The van der Waals surface area contributed by atoms with Gasteiger partial charge in [-0.3, -0.25) is 4.79 Å². The number of nitrogens with one attached hydrogen (secondary N) is 1. The van der Waals surface area contributed by atoms with Gasteiger partial charge in [0.1, 0.15) is 5.75 Å². The summed E-state index contributed by atoms with van der Waals surface area (Å²) in [5.41, 5.74) is 6.45. The van der Waals surface area contributed by atoms with Crippen LogP contribution in [0.25, 0.3) is 0 Å². The monoisotopic (exact) mass is 390 g/mol. The number of benzene rings is 1. The van der Waals surface area contributed by atoms with Crippen LogP contribution >= 0.6 is 31.9 Å².